The van der Waals surface area contributed by atoms with Crippen molar-refractivity contribution >= 4 is 5.65 Å². The van der Waals surface area contributed by atoms with Gasteiger partial charge in [0.25, 0.3) is 0 Å². The first-order valence-corrected chi connectivity index (χ1v) is 9.41. The van der Waals surface area contributed by atoms with E-state index >= 15 is 0 Å². The van der Waals surface area contributed by atoms with E-state index in [4.69, 9.17) is 14.5 Å². The molecular weight excluding hydrogens is 340 g/mol. The summed E-state index contributed by atoms with van der Waals surface area (Å²) in [5.41, 5.74) is 4.21. The van der Waals surface area contributed by atoms with Crippen LogP contribution in [0.4, 0.5) is 0 Å². The van der Waals surface area contributed by atoms with Gasteiger partial charge in [0.1, 0.15) is 5.65 Å². The molecule has 0 saturated carbocycles. The molecule has 3 aromatic rings. The van der Waals surface area contributed by atoms with E-state index in [1.54, 1.807) is 14.2 Å². The Morgan fingerprint density at radius 1 is 1.04 bits per heavy atom. The lowest BCUT2D eigenvalue weighted by atomic mass is 10.1. The number of imidazole rings is 1. The highest BCUT2D eigenvalue weighted by Gasteiger charge is 2.19. The molecule has 6 heteroatoms. The van der Waals surface area contributed by atoms with Crippen LogP contribution in [-0.2, 0) is 6.54 Å². The van der Waals surface area contributed by atoms with E-state index in [9.17, 15) is 0 Å². The number of hydrogen-bond donors (Lipinski definition) is 1. The number of pyridine rings is 1. The highest BCUT2D eigenvalue weighted by molar-refractivity contribution is 5.69. The molecule has 1 aliphatic rings. The molecule has 27 heavy (non-hydrogen) atoms. The summed E-state index contributed by atoms with van der Waals surface area (Å²) in [5, 5.41) is 3.47. The van der Waals surface area contributed by atoms with Gasteiger partial charge in [-0.15, -0.1) is 0 Å². The van der Waals surface area contributed by atoms with Crippen LogP contribution in [0.5, 0.6) is 11.5 Å². The number of nitrogens with zero attached hydrogens (tertiary/aromatic N) is 3. The van der Waals surface area contributed by atoms with Crippen molar-refractivity contribution in [3.05, 3.63) is 48.3 Å². The molecule has 0 atom stereocenters. The summed E-state index contributed by atoms with van der Waals surface area (Å²) in [5.74, 6) is 1.45. The van der Waals surface area contributed by atoms with Crippen LogP contribution in [0.2, 0.25) is 0 Å². The van der Waals surface area contributed by atoms with Gasteiger partial charge in [0.15, 0.2) is 11.5 Å². The molecule has 4 rings (SSSR count). The summed E-state index contributed by atoms with van der Waals surface area (Å²) in [6.45, 7) is 5.13. The van der Waals surface area contributed by atoms with Gasteiger partial charge in [-0.25, -0.2) is 4.98 Å². The second-order valence-electron chi connectivity index (χ2n) is 6.79. The maximum Gasteiger partial charge on any atom is 0.161 e. The Morgan fingerprint density at radius 3 is 2.78 bits per heavy atom. The van der Waals surface area contributed by atoms with Gasteiger partial charge in [-0.05, 0) is 49.8 Å². The molecule has 0 aliphatic carbocycles. The molecule has 0 spiro atoms. The molecule has 0 bridgehead atoms. The van der Waals surface area contributed by atoms with Crippen molar-refractivity contribution in [3.63, 3.8) is 0 Å². The summed E-state index contributed by atoms with van der Waals surface area (Å²) in [6, 6.07) is 12.1. The number of rotatable bonds is 5. The van der Waals surface area contributed by atoms with E-state index in [0.29, 0.717) is 0 Å². The van der Waals surface area contributed by atoms with Crippen molar-refractivity contribution in [2.75, 3.05) is 40.4 Å². The third kappa shape index (κ3) is 3.63. The van der Waals surface area contributed by atoms with Crippen molar-refractivity contribution in [2.45, 2.75) is 13.0 Å². The highest BCUT2D eigenvalue weighted by atomic mass is 16.5. The number of hydrogen-bond acceptors (Lipinski definition) is 5. The molecular formula is C21H26N4O2. The van der Waals surface area contributed by atoms with Gasteiger partial charge in [-0.3, -0.25) is 4.90 Å². The first kappa shape index (κ1) is 17.8. The standard InChI is InChI=1S/C21H26N4O2/c1-26-18-8-7-16(14-19(18)27-2)21-17(15-24-11-5-9-22-10-13-24)25-12-4-3-6-20(25)23-21/h3-4,6-8,12,14,22H,5,9-11,13,15H2,1-2H3. The zero-order chi connectivity index (χ0) is 18.6. The van der Waals surface area contributed by atoms with E-state index in [0.717, 1.165) is 61.1 Å². The van der Waals surface area contributed by atoms with Gasteiger partial charge >= 0.3 is 0 Å². The minimum Gasteiger partial charge on any atom is -0.493 e. The molecule has 6 nitrogen and oxygen atoms in total. The second-order valence-corrected chi connectivity index (χ2v) is 6.79. The largest absolute Gasteiger partial charge is 0.493 e. The lowest BCUT2D eigenvalue weighted by Crippen LogP contribution is -2.28. The molecule has 2 aromatic heterocycles. The van der Waals surface area contributed by atoms with Crippen molar-refractivity contribution in [1.29, 1.82) is 0 Å². The van der Waals surface area contributed by atoms with Crippen LogP contribution in [0.1, 0.15) is 12.1 Å². The second kappa shape index (κ2) is 7.98. The maximum atomic E-state index is 5.50. The SMILES string of the molecule is COc1ccc(-c2nc3ccccn3c2CN2CCCNCC2)cc1OC. The monoisotopic (exact) mass is 366 g/mol. The minimum absolute atomic E-state index is 0.719. The van der Waals surface area contributed by atoms with Crippen LogP contribution in [0.25, 0.3) is 16.9 Å². The fourth-order valence-corrected chi connectivity index (χ4v) is 3.68. The number of benzene rings is 1. The Morgan fingerprint density at radius 2 is 1.93 bits per heavy atom. The summed E-state index contributed by atoms with van der Waals surface area (Å²) >= 11 is 0. The highest BCUT2D eigenvalue weighted by Crippen LogP contribution is 2.34. The van der Waals surface area contributed by atoms with E-state index in [1.807, 2.05) is 18.2 Å². The average Bonchev–Trinajstić information content (AvgIpc) is 2.88. The zero-order valence-electron chi connectivity index (χ0n) is 15.9. The van der Waals surface area contributed by atoms with Crippen molar-refractivity contribution in [3.8, 4) is 22.8 Å². The number of aromatic nitrogens is 2. The van der Waals surface area contributed by atoms with Gasteiger partial charge < -0.3 is 19.2 Å². The lowest BCUT2D eigenvalue weighted by molar-refractivity contribution is 0.281. The molecule has 1 fully saturated rings. The molecule has 0 radical (unpaired) electrons. The molecule has 1 aromatic carbocycles. The van der Waals surface area contributed by atoms with Crippen LogP contribution in [0.15, 0.2) is 42.6 Å². The van der Waals surface area contributed by atoms with Crippen LogP contribution in [0, 0.1) is 0 Å². The topological polar surface area (TPSA) is 51.0 Å². The summed E-state index contributed by atoms with van der Waals surface area (Å²) in [7, 11) is 3.32. The van der Waals surface area contributed by atoms with Crippen molar-refractivity contribution in [1.82, 2.24) is 19.6 Å². The molecule has 142 valence electrons. The Bertz CT molecular complexity index is 914. The molecule has 0 unspecified atom stereocenters. The van der Waals surface area contributed by atoms with Gasteiger partial charge in [-0.1, -0.05) is 6.07 Å². The van der Waals surface area contributed by atoms with Crippen LogP contribution in [0.3, 0.4) is 0 Å². The predicted molar refractivity (Wildman–Crippen MR) is 106 cm³/mol. The van der Waals surface area contributed by atoms with Crippen LogP contribution >= 0.6 is 0 Å². The Labute approximate surface area is 159 Å². The predicted octanol–water partition coefficient (Wildman–Crippen LogP) is 2.81. The number of ether oxygens (including phenoxy) is 2. The van der Waals surface area contributed by atoms with Gasteiger partial charge in [0.2, 0.25) is 0 Å². The fraction of sp³-hybridized carbons (Fsp3) is 0.381. The summed E-state index contributed by atoms with van der Waals surface area (Å²) in [6.07, 6.45) is 3.26. The quantitative estimate of drug-likeness (QED) is 0.753. The first-order chi connectivity index (χ1) is 13.3. The number of nitrogens with one attached hydrogen (secondary N) is 1. The Kier molecular flexibility index (Phi) is 5.27. The van der Waals surface area contributed by atoms with Gasteiger partial charge in [-0.2, -0.15) is 0 Å². The van der Waals surface area contributed by atoms with Gasteiger partial charge in [0, 0.05) is 31.4 Å². The smallest absolute Gasteiger partial charge is 0.161 e. The normalized spacial score (nSPS) is 15.6. The molecule has 1 aliphatic heterocycles. The average molecular weight is 366 g/mol. The number of fused-ring (bicyclic) bond motifs is 1. The van der Waals surface area contributed by atoms with E-state index in [-0.39, 0.29) is 0 Å². The molecule has 0 amide bonds. The van der Waals surface area contributed by atoms with Crippen LogP contribution in [-0.4, -0.2) is 54.7 Å². The fourth-order valence-electron chi connectivity index (χ4n) is 3.68. The zero-order valence-corrected chi connectivity index (χ0v) is 15.9. The van der Waals surface area contributed by atoms with E-state index in [1.165, 1.54) is 12.1 Å². The Balaban J connectivity index is 1.78. The summed E-state index contributed by atoms with van der Waals surface area (Å²) < 4.78 is 13.1. The van der Waals surface area contributed by atoms with E-state index in [2.05, 4.69) is 39.0 Å². The lowest BCUT2D eigenvalue weighted by Gasteiger charge is -2.20. The first-order valence-electron chi connectivity index (χ1n) is 9.41. The minimum atomic E-state index is 0.719. The third-order valence-electron chi connectivity index (χ3n) is 5.09. The third-order valence-corrected chi connectivity index (χ3v) is 5.09. The maximum absolute atomic E-state index is 5.50. The van der Waals surface area contributed by atoms with Gasteiger partial charge in [0.05, 0.1) is 25.6 Å². The molecule has 3 heterocycles. The van der Waals surface area contributed by atoms with Crippen molar-refractivity contribution < 1.29 is 9.47 Å². The van der Waals surface area contributed by atoms with Crippen LogP contribution < -0.4 is 14.8 Å². The molecule has 1 saturated heterocycles. The molecule has 1 N–H and O–H groups in total. The number of methoxy groups -OCH3 is 2. The van der Waals surface area contributed by atoms with E-state index < -0.39 is 0 Å². The summed E-state index contributed by atoms with van der Waals surface area (Å²) in [4.78, 5) is 7.43. The Hall–Kier alpha value is -2.57. The van der Waals surface area contributed by atoms with Crippen molar-refractivity contribution in [2.24, 2.45) is 0 Å².